The lowest BCUT2D eigenvalue weighted by Crippen LogP contribution is -2.21. The Labute approximate surface area is 104 Å². The third-order valence-electron chi connectivity index (χ3n) is 3.10. The summed E-state index contributed by atoms with van der Waals surface area (Å²) in [4.78, 5) is 0. The maximum absolute atomic E-state index is 5.47. The van der Waals surface area contributed by atoms with Crippen molar-refractivity contribution in [2.45, 2.75) is 19.8 Å². The van der Waals surface area contributed by atoms with E-state index in [0.717, 1.165) is 12.3 Å². The molecule has 0 spiro atoms. The molecule has 1 aromatic carbocycles. The lowest BCUT2D eigenvalue weighted by atomic mass is 9.95. The van der Waals surface area contributed by atoms with Gasteiger partial charge < -0.3 is 14.8 Å². The second-order valence-electron chi connectivity index (χ2n) is 4.39. The highest BCUT2D eigenvalue weighted by atomic mass is 16.5. The van der Waals surface area contributed by atoms with E-state index in [2.05, 4.69) is 31.3 Å². The molecule has 0 bridgehead atoms. The minimum Gasteiger partial charge on any atom is -0.496 e. The molecule has 0 heterocycles. The highest BCUT2D eigenvalue weighted by Gasteiger charge is 2.16. The van der Waals surface area contributed by atoms with Crippen molar-refractivity contribution in [1.29, 1.82) is 0 Å². The Morgan fingerprint density at radius 1 is 1.18 bits per heavy atom. The van der Waals surface area contributed by atoms with Gasteiger partial charge in [-0.1, -0.05) is 6.07 Å². The minimum atomic E-state index is 0.319. The summed E-state index contributed by atoms with van der Waals surface area (Å²) in [5.74, 6) is 1.27. The largest absolute Gasteiger partial charge is 0.496 e. The molecule has 17 heavy (non-hydrogen) atoms. The molecule has 1 aromatic rings. The SMILES string of the molecule is CNCC(COC)c1cc(C)c(C)cc1OC. The Morgan fingerprint density at radius 2 is 1.82 bits per heavy atom. The van der Waals surface area contributed by atoms with Gasteiger partial charge in [0.05, 0.1) is 13.7 Å². The Bertz CT molecular complexity index is 357. The Morgan fingerprint density at radius 3 is 2.35 bits per heavy atom. The average Bonchev–Trinajstić information content (AvgIpc) is 2.32. The van der Waals surface area contributed by atoms with Gasteiger partial charge in [0, 0.05) is 25.1 Å². The van der Waals surface area contributed by atoms with E-state index in [1.807, 2.05) is 7.05 Å². The normalized spacial score (nSPS) is 12.5. The maximum atomic E-state index is 5.47. The van der Waals surface area contributed by atoms with E-state index in [4.69, 9.17) is 9.47 Å². The molecule has 0 saturated carbocycles. The fourth-order valence-corrected chi connectivity index (χ4v) is 2.01. The van der Waals surface area contributed by atoms with Crippen LogP contribution >= 0.6 is 0 Å². The molecule has 0 amide bonds. The topological polar surface area (TPSA) is 30.5 Å². The van der Waals surface area contributed by atoms with E-state index in [-0.39, 0.29) is 0 Å². The van der Waals surface area contributed by atoms with Crippen LogP contribution in [0, 0.1) is 13.8 Å². The fraction of sp³-hybridized carbons (Fsp3) is 0.571. The second kappa shape index (κ2) is 6.62. The van der Waals surface area contributed by atoms with Crippen molar-refractivity contribution >= 4 is 0 Å². The lowest BCUT2D eigenvalue weighted by molar-refractivity contribution is 0.177. The number of likely N-dealkylation sites (N-methyl/N-ethyl adjacent to an activating group) is 1. The molecular formula is C14H23NO2. The van der Waals surface area contributed by atoms with Gasteiger partial charge in [-0.3, -0.25) is 0 Å². The van der Waals surface area contributed by atoms with Crippen LogP contribution in [0.5, 0.6) is 5.75 Å². The summed E-state index contributed by atoms with van der Waals surface area (Å²) >= 11 is 0. The third-order valence-corrected chi connectivity index (χ3v) is 3.10. The molecule has 0 aliphatic rings. The second-order valence-corrected chi connectivity index (χ2v) is 4.39. The number of nitrogens with one attached hydrogen (secondary N) is 1. The lowest BCUT2D eigenvalue weighted by Gasteiger charge is -2.20. The zero-order chi connectivity index (χ0) is 12.8. The van der Waals surface area contributed by atoms with Crippen LogP contribution in [0.2, 0.25) is 0 Å². The van der Waals surface area contributed by atoms with Crippen LogP contribution in [0.4, 0.5) is 0 Å². The molecule has 0 radical (unpaired) electrons. The van der Waals surface area contributed by atoms with E-state index in [1.165, 1.54) is 16.7 Å². The molecule has 0 aliphatic carbocycles. The summed E-state index contributed by atoms with van der Waals surface area (Å²) in [7, 11) is 5.41. The molecule has 1 atom stereocenters. The van der Waals surface area contributed by atoms with Gasteiger partial charge in [0.1, 0.15) is 5.75 Å². The van der Waals surface area contributed by atoms with E-state index < -0.39 is 0 Å². The number of benzene rings is 1. The number of hydrogen-bond acceptors (Lipinski definition) is 3. The zero-order valence-electron chi connectivity index (χ0n) is 11.5. The molecule has 96 valence electrons. The van der Waals surface area contributed by atoms with E-state index in [9.17, 15) is 0 Å². The van der Waals surface area contributed by atoms with Crippen molar-refractivity contribution in [2.24, 2.45) is 0 Å². The molecule has 0 fully saturated rings. The highest BCUT2D eigenvalue weighted by molar-refractivity contribution is 5.44. The van der Waals surface area contributed by atoms with Crippen LogP contribution < -0.4 is 10.1 Å². The summed E-state index contributed by atoms with van der Waals surface area (Å²) in [6.45, 7) is 5.80. The van der Waals surface area contributed by atoms with Crippen LogP contribution in [0.1, 0.15) is 22.6 Å². The number of rotatable bonds is 6. The fourth-order valence-electron chi connectivity index (χ4n) is 2.01. The van der Waals surface area contributed by atoms with Crippen LogP contribution in [-0.2, 0) is 4.74 Å². The molecule has 0 aliphatic heterocycles. The summed E-state index contributed by atoms with van der Waals surface area (Å²) in [6, 6.07) is 4.30. The van der Waals surface area contributed by atoms with Crippen molar-refractivity contribution in [1.82, 2.24) is 5.32 Å². The molecule has 3 nitrogen and oxygen atoms in total. The predicted molar refractivity (Wildman–Crippen MR) is 71.0 cm³/mol. The summed E-state index contributed by atoms with van der Waals surface area (Å²) in [6.07, 6.45) is 0. The average molecular weight is 237 g/mol. The molecule has 0 aromatic heterocycles. The van der Waals surface area contributed by atoms with Crippen molar-refractivity contribution in [3.63, 3.8) is 0 Å². The first kappa shape index (κ1) is 14.0. The predicted octanol–water partition coefficient (Wildman–Crippen LogP) is 2.26. The van der Waals surface area contributed by atoms with Gasteiger partial charge in [0.15, 0.2) is 0 Å². The minimum absolute atomic E-state index is 0.319. The van der Waals surface area contributed by atoms with Gasteiger partial charge in [0.2, 0.25) is 0 Å². The number of hydrogen-bond donors (Lipinski definition) is 1. The van der Waals surface area contributed by atoms with Crippen molar-refractivity contribution in [3.8, 4) is 5.75 Å². The molecule has 0 saturated heterocycles. The third kappa shape index (κ3) is 3.45. The first-order chi connectivity index (χ1) is 8.13. The maximum Gasteiger partial charge on any atom is 0.122 e. The Balaban J connectivity index is 3.11. The van der Waals surface area contributed by atoms with Crippen LogP contribution in [-0.4, -0.2) is 34.4 Å². The highest BCUT2D eigenvalue weighted by Crippen LogP contribution is 2.29. The van der Waals surface area contributed by atoms with Crippen molar-refractivity contribution in [3.05, 3.63) is 28.8 Å². The molecule has 1 rings (SSSR count). The number of methoxy groups -OCH3 is 2. The standard InChI is InChI=1S/C14H23NO2/c1-10-6-13(12(8-15-3)9-16-4)14(17-5)7-11(10)2/h6-7,12,15H,8-9H2,1-5H3. The van der Waals surface area contributed by atoms with Gasteiger partial charge in [0.25, 0.3) is 0 Å². The van der Waals surface area contributed by atoms with Crippen LogP contribution in [0.25, 0.3) is 0 Å². The number of aryl methyl sites for hydroxylation is 2. The first-order valence-electron chi connectivity index (χ1n) is 5.92. The van der Waals surface area contributed by atoms with Gasteiger partial charge in [-0.05, 0) is 38.1 Å². The summed E-state index contributed by atoms with van der Waals surface area (Å²) in [5, 5.41) is 3.20. The quantitative estimate of drug-likeness (QED) is 0.823. The zero-order valence-corrected chi connectivity index (χ0v) is 11.5. The smallest absolute Gasteiger partial charge is 0.122 e. The van der Waals surface area contributed by atoms with Crippen molar-refractivity contribution < 1.29 is 9.47 Å². The molecule has 1 N–H and O–H groups in total. The van der Waals surface area contributed by atoms with Gasteiger partial charge in [-0.2, -0.15) is 0 Å². The Kier molecular flexibility index (Phi) is 5.45. The van der Waals surface area contributed by atoms with Crippen LogP contribution in [0.3, 0.4) is 0 Å². The van der Waals surface area contributed by atoms with E-state index in [1.54, 1.807) is 14.2 Å². The molecule has 1 unspecified atom stereocenters. The van der Waals surface area contributed by atoms with Gasteiger partial charge >= 0.3 is 0 Å². The first-order valence-corrected chi connectivity index (χ1v) is 5.92. The van der Waals surface area contributed by atoms with Gasteiger partial charge in [-0.15, -0.1) is 0 Å². The summed E-state index contributed by atoms with van der Waals surface area (Å²) < 4.78 is 10.8. The van der Waals surface area contributed by atoms with Crippen molar-refractivity contribution in [2.75, 3.05) is 34.4 Å². The van der Waals surface area contributed by atoms with Gasteiger partial charge in [-0.25, -0.2) is 0 Å². The molecule has 3 heteroatoms. The monoisotopic (exact) mass is 237 g/mol. The Hall–Kier alpha value is -1.06. The van der Waals surface area contributed by atoms with Crippen LogP contribution in [0.15, 0.2) is 12.1 Å². The number of ether oxygens (including phenoxy) is 2. The summed E-state index contributed by atoms with van der Waals surface area (Å²) in [5.41, 5.74) is 3.76. The van der Waals surface area contributed by atoms with E-state index >= 15 is 0 Å². The molecular weight excluding hydrogens is 214 g/mol. The van der Waals surface area contributed by atoms with E-state index in [0.29, 0.717) is 12.5 Å².